The van der Waals surface area contributed by atoms with E-state index in [1.165, 1.54) is 0 Å². The molecule has 1 aromatic carbocycles. The molecule has 0 fully saturated rings. The van der Waals surface area contributed by atoms with E-state index >= 15 is 0 Å². The largest absolute Gasteiger partial charge is 0.384 e. The molecule has 1 aromatic heterocycles. The SMILES string of the molecule is Nc1[nH]c(=O)n(-c2ccccc2)c(=O)c1C=O. The summed E-state index contributed by atoms with van der Waals surface area (Å²) in [7, 11) is 0. The number of aromatic amines is 1. The van der Waals surface area contributed by atoms with Crippen molar-refractivity contribution >= 4 is 12.1 Å². The zero-order valence-corrected chi connectivity index (χ0v) is 8.71. The second-order valence-corrected chi connectivity index (χ2v) is 3.35. The molecule has 0 spiro atoms. The Morgan fingerprint density at radius 3 is 2.41 bits per heavy atom. The van der Waals surface area contributed by atoms with Gasteiger partial charge in [0.15, 0.2) is 6.29 Å². The Morgan fingerprint density at radius 1 is 1.18 bits per heavy atom. The lowest BCUT2D eigenvalue weighted by molar-refractivity contribution is 0.112. The summed E-state index contributed by atoms with van der Waals surface area (Å²) in [4.78, 5) is 36.5. The predicted molar refractivity (Wildman–Crippen MR) is 62.5 cm³/mol. The number of aromatic nitrogens is 2. The third-order valence-electron chi connectivity index (χ3n) is 2.30. The van der Waals surface area contributed by atoms with Crippen molar-refractivity contribution in [2.24, 2.45) is 0 Å². The van der Waals surface area contributed by atoms with Gasteiger partial charge in [-0.25, -0.2) is 9.36 Å². The minimum atomic E-state index is -0.729. The number of hydrogen-bond donors (Lipinski definition) is 2. The summed E-state index contributed by atoms with van der Waals surface area (Å²) < 4.78 is 0.861. The zero-order chi connectivity index (χ0) is 12.4. The number of hydrogen-bond acceptors (Lipinski definition) is 4. The lowest BCUT2D eigenvalue weighted by Crippen LogP contribution is -2.36. The normalized spacial score (nSPS) is 10.1. The number of carbonyl (C=O) groups is 1. The van der Waals surface area contributed by atoms with E-state index in [-0.39, 0.29) is 11.4 Å². The average molecular weight is 231 g/mol. The maximum absolute atomic E-state index is 11.9. The molecule has 0 aliphatic carbocycles. The summed E-state index contributed by atoms with van der Waals surface area (Å²) in [5, 5.41) is 0. The molecule has 0 saturated carbocycles. The van der Waals surface area contributed by atoms with Gasteiger partial charge in [-0.05, 0) is 12.1 Å². The molecule has 6 nitrogen and oxygen atoms in total. The molecule has 1 heterocycles. The van der Waals surface area contributed by atoms with E-state index in [4.69, 9.17) is 5.73 Å². The molecule has 0 aliphatic heterocycles. The topological polar surface area (TPSA) is 97.9 Å². The number of para-hydroxylation sites is 1. The van der Waals surface area contributed by atoms with Gasteiger partial charge < -0.3 is 5.73 Å². The van der Waals surface area contributed by atoms with E-state index in [0.29, 0.717) is 12.0 Å². The van der Waals surface area contributed by atoms with Crippen molar-refractivity contribution in [2.75, 3.05) is 5.73 Å². The Balaban J connectivity index is 2.85. The smallest absolute Gasteiger partial charge is 0.334 e. The fourth-order valence-electron chi connectivity index (χ4n) is 1.49. The lowest BCUT2D eigenvalue weighted by atomic mass is 10.3. The Hall–Kier alpha value is -2.63. The monoisotopic (exact) mass is 231 g/mol. The van der Waals surface area contributed by atoms with Crippen LogP contribution in [0.3, 0.4) is 0 Å². The first-order valence-corrected chi connectivity index (χ1v) is 4.80. The zero-order valence-electron chi connectivity index (χ0n) is 8.71. The van der Waals surface area contributed by atoms with E-state index in [1.54, 1.807) is 30.3 Å². The Labute approximate surface area is 95.3 Å². The first kappa shape index (κ1) is 10.9. The van der Waals surface area contributed by atoms with Crippen molar-refractivity contribution in [3.8, 4) is 5.69 Å². The van der Waals surface area contributed by atoms with Crippen molar-refractivity contribution in [3.63, 3.8) is 0 Å². The van der Waals surface area contributed by atoms with Crippen LogP contribution in [0.1, 0.15) is 10.4 Å². The number of nitrogens with one attached hydrogen (secondary N) is 1. The Morgan fingerprint density at radius 2 is 1.82 bits per heavy atom. The van der Waals surface area contributed by atoms with Crippen LogP contribution in [0.25, 0.3) is 5.69 Å². The highest BCUT2D eigenvalue weighted by Gasteiger charge is 2.12. The highest BCUT2D eigenvalue weighted by molar-refractivity contribution is 5.80. The standard InChI is InChI=1S/C11H9N3O3/c12-9-8(6-15)10(16)14(11(17)13-9)7-4-2-1-3-5-7/h1-6H,12H2,(H,13,17). The second kappa shape index (κ2) is 4.09. The summed E-state index contributed by atoms with van der Waals surface area (Å²) in [6.07, 6.45) is 0.326. The molecule has 17 heavy (non-hydrogen) atoms. The molecule has 0 bridgehead atoms. The molecule has 2 aromatic rings. The summed E-state index contributed by atoms with van der Waals surface area (Å²) in [6.45, 7) is 0. The molecule has 86 valence electrons. The quantitative estimate of drug-likeness (QED) is 0.706. The fourth-order valence-corrected chi connectivity index (χ4v) is 1.49. The lowest BCUT2D eigenvalue weighted by Gasteiger charge is -2.06. The van der Waals surface area contributed by atoms with Gasteiger partial charge in [-0.3, -0.25) is 14.6 Å². The van der Waals surface area contributed by atoms with E-state index in [2.05, 4.69) is 4.98 Å². The van der Waals surface area contributed by atoms with Crippen LogP contribution < -0.4 is 17.0 Å². The maximum Gasteiger partial charge on any atom is 0.334 e. The fraction of sp³-hybridized carbons (Fsp3) is 0. The molecular formula is C11H9N3O3. The second-order valence-electron chi connectivity index (χ2n) is 3.35. The number of carbonyl (C=O) groups excluding carboxylic acids is 1. The van der Waals surface area contributed by atoms with Crippen molar-refractivity contribution in [1.29, 1.82) is 0 Å². The van der Waals surface area contributed by atoms with Crippen LogP contribution in [0.5, 0.6) is 0 Å². The van der Waals surface area contributed by atoms with Gasteiger partial charge in [0.2, 0.25) is 0 Å². The maximum atomic E-state index is 11.9. The highest BCUT2D eigenvalue weighted by atomic mass is 16.2. The molecule has 0 amide bonds. The minimum Gasteiger partial charge on any atom is -0.384 e. The number of H-pyrrole nitrogens is 1. The van der Waals surface area contributed by atoms with Gasteiger partial charge in [0.25, 0.3) is 5.56 Å². The molecule has 0 unspecified atom stereocenters. The number of nitrogens with two attached hydrogens (primary N) is 1. The molecular weight excluding hydrogens is 222 g/mol. The van der Waals surface area contributed by atoms with Gasteiger partial charge in [0.1, 0.15) is 11.4 Å². The number of aldehydes is 1. The van der Waals surface area contributed by atoms with Crippen LogP contribution >= 0.6 is 0 Å². The van der Waals surface area contributed by atoms with Gasteiger partial charge in [0.05, 0.1) is 5.69 Å². The number of nitrogens with zero attached hydrogens (tertiary/aromatic N) is 1. The van der Waals surface area contributed by atoms with E-state index in [9.17, 15) is 14.4 Å². The predicted octanol–water partition coefficient (Wildman–Crippen LogP) is -0.0795. The van der Waals surface area contributed by atoms with Gasteiger partial charge in [0, 0.05) is 0 Å². The van der Waals surface area contributed by atoms with Crippen molar-refractivity contribution in [2.45, 2.75) is 0 Å². The number of anilines is 1. The number of nitrogen functional groups attached to an aromatic ring is 1. The van der Waals surface area contributed by atoms with Gasteiger partial charge in [-0.2, -0.15) is 0 Å². The molecule has 2 rings (SSSR count). The van der Waals surface area contributed by atoms with Gasteiger partial charge in [-0.15, -0.1) is 0 Å². The van der Waals surface area contributed by atoms with Crippen LogP contribution in [0.2, 0.25) is 0 Å². The van der Waals surface area contributed by atoms with Crippen molar-refractivity contribution in [3.05, 3.63) is 56.7 Å². The minimum absolute atomic E-state index is 0.220. The number of rotatable bonds is 2. The van der Waals surface area contributed by atoms with Crippen LogP contribution in [-0.2, 0) is 0 Å². The van der Waals surface area contributed by atoms with Crippen molar-refractivity contribution < 1.29 is 4.79 Å². The van der Waals surface area contributed by atoms with Crippen LogP contribution in [-0.4, -0.2) is 15.8 Å². The third kappa shape index (κ3) is 1.76. The first-order chi connectivity index (χ1) is 8.15. The highest BCUT2D eigenvalue weighted by Crippen LogP contribution is 2.02. The molecule has 0 radical (unpaired) electrons. The molecule has 3 N–H and O–H groups in total. The van der Waals surface area contributed by atoms with Crippen molar-refractivity contribution in [1.82, 2.24) is 9.55 Å². The van der Waals surface area contributed by atoms with E-state index < -0.39 is 11.2 Å². The van der Waals surface area contributed by atoms with Crippen LogP contribution in [0, 0.1) is 0 Å². The van der Waals surface area contributed by atoms with E-state index in [0.717, 1.165) is 4.57 Å². The average Bonchev–Trinajstić information content (AvgIpc) is 2.30. The summed E-state index contributed by atoms with van der Waals surface area (Å²) >= 11 is 0. The summed E-state index contributed by atoms with van der Waals surface area (Å²) in [5.41, 5.74) is 4.09. The molecule has 6 heteroatoms. The summed E-state index contributed by atoms with van der Waals surface area (Å²) in [6, 6.07) is 8.28. The molecule has 0 atom stereocenters. The van der Waals surface area contributed by atoms with E-state index in [1.807, 2.05) is 0 Å². The Kier molecular flexibility index (Phi) is 2.61. The Bertz CT molecular complexity index is 671. The van der Waals surface area contributed by atoms with Crippen LogP contribution in [0.4, 0.5) is 5.82 Å². The first-order valence-electron chi connectivity index (χ1n) is 4.80. The number of benzene rings is 1. The van der Waals surface area contributed by atoms with Gasteiger partial charge in [-0.1, -0.05) is 18.2 Å². The third-order valence-corrected chi connectivity index (χ3v) is 2.30. The molecule has 0 aliphatic rings. The molecule has 0 saturated heterocycles. The van der Waals surface area contributed by atoms with Gasteiger partial charge >= 0.3 is 5.69 Å². The van der Waals surface area contributed by atoms with Crippen LogP contribution in [0.15, 0.2) is 39.9 Å². The summed E-state index contributed by atoms with van der Waals surface area (Å²) in [5.74, 6) is -0.220.